The quantitative estimate of drug-likeness (QED) is 0.0280. The molecule has 36 heteroatoms. The summed E-state index contributed by atoms with van der Waals surface area (Å²) in [5.41, 5.74) is -14.0. The number of thiol groups is 1. The van der Waals surface area contributed by atoms with Gasteiger partial charge in [-0.3, -0.25) is 76.7 Å². The van der Waals surface area contributed by atoms with Gasteiger partial charge in [0, 0.05) is 12.3 Å². The molecular formula is C63H111N17O18S. The third-order valence-corrected chi connectivity index (χ3v) is 15.0. The van der Waals surface area contributed by atoms with E-state index in [0.717, 1.165) is 0 Å². The molecule has 0 radical (unpaired) electrons. The van der Waals surface area contributed by atoms with Gasteiger partial charge in [0.1, 0.15) is 98.2 Å². The summed E-state index contributed by atoms with van der Waals surface area (Å²) in [6.07, 6.45) is -0.855. The number of hydrogen-bond acceptors (Lipinski definition) is 19. The van der Waals surface area contributed by atoms with Crippen LogP contribution in [0.4, 0.5) is 4.79 Å². The average molecular weight is 1430 g/mol. The summed E-state index contributed by atoms with van der Waals surface area (Å²) in [6, 6.07) is -10.1. The molecule has 0 spiro atoms. The lowest BCUT2D eigenvalue weighted by molar-refractivity contribution is -0.139. The zero-order valence-electron chi connectivity index (χ0n) is 62.3. The topological polar surface area (TPSA) is 504 Å². The molecule has 0 aromatic rings. The normalized spacial score (nSPS) is 14.7. The van der Waals surface area contributed by atoms with Crippen LogP contribution >= 0.6 is 12.6 Å². The van der Waals surface area contributed by atoms with Crippen molar-refractivity contribution >= 4 is 113 Å². The maximum Gasteiger partial charge on any atom is 0.408 e. The summed E-state index contributed by atoms with van der Waals surface area (Å²) in [6.45, 7) is 37.3. The van der Waals surface area contributed by atoms with Gasteiger partial charge >= 0.3 is 6.09 Å². The molecule has 17 amide bonds. The highest BCUT2D eigenvalue weighted by Crippen LogP contribution is 2.14. The molecule has 0 heterocycles. The second-order valence-electron chi connectivity index (χ2n) is 29.6. The number of ether oxygens (including phenoxy) is 1. The lowest BCUT2D eigenvalue weighted by atomic mass is 10.0. The van der Waals surface area contributed by atoms with Gasteiger partial charge in [-0.1, -0.05) is 0 Å². The Morgan fingerprint density at radius 1 is 0.253 bits per heavy atom. The van der Waals surface area contributed by atoms with Crippen molar-refractivity contribution < 1.29 is 86.2 Å². The van der Waals surface area contributed by atoms with Gasteiger partial charge in [-0.05, 0) is 187 Å². The Hall–Kier alpha value is -8.86. The second-order valence-corrected chi connectivity index (χ2v) is 30.1. The summed E-state index contributed by atoms with van der Waals surface area (Å²) in [7, 11) is 0. The Morgan fingerprint density at radius 3 is 0.535 bits per heavy atom. The fraction of sp³-hybridized carbons (Fsp3) is 0.730. The molecule has 35 nitrogen and oxygen atoms in total. The van der Waals surface area contributed by atoms with Gasteiger partial charge in [0.05, 0.1) is 0 Å². The maximum absolute atomic E-state index is 13.5. The number of rotatable bonds is 34. The lowest BCUT2D eigenvalue weighted by Gasteiger charge is -2.32. The lowest BCUT2D eigenvalue weighted by Crippen LogP contribution is -2.65. The van der Waals surface area contributed by atoms with E-state index < -0.39 is 199 Å². The summed E-state index contributed by atoms with van der Waals surface area (Å²) in [4.78, 5) is 224. The fourth-order valence-electron chi connectivity index (χ4n) is 7.82. The Labute approximate surface area is 585 Å². The number of alkyl carbamates (subject to hydrolysis) is 1. The van der Waals surface area contributed by atoms with Crippen LogP contribution in [-0.4, -0.2) is 211 Å². The van der Waals surface area contributed by atoms with Gasteiger partial charge in [0.2, 0.25) is 94.5 Å². The molecule has 99 heavy (non-hydrogen) atoms. The van der Waals surface area contributed by atoms with Crippen LogP contribution < -0.4 is 90.4 Å². The molecular weight excluding hydrogens is 1310 g/mol. The summed E-state index contributed by atoms with van der Waals surface area (Å²) in [5.74, 6) is -12.5. The largest absolute Gasteiger partial charge is 0.444 e. The Balaban J connectivity index is 5.47. The average Bonchev–Trinajstić information content (AvgIpc) is 0.844. The number of nitrogens with one attached hydrogen (secondary N) is 17. The van der Waals surface area contributed by atoms with Gasteiger partial charge in [-0.15, -0.1) is 0 Å². The van der Waals surface area contributed by atoms with Crippen LogP contribution in [-0.2, 0) is 81.4 Å². The van der Waals surface area contributed by atoms with Crippen molar-refractivity contribution in [3.05, 3.63) is 0 Å². The van der Waals surface area contributed by atoms with Crippen LogP contribution in [0.3, 0.4) is 0 Å². The number of carbonyl (C=O) groups is 17. The molecule has 0 saturated heterocycles. The van der Waals surface area contributed by atoms with Crippen molar-refractivity contribution in [1.82, 2.24) is 90.4 Å². The fourth-order valence-corrected chi connectivity index (χ4v) is 7.93. The van der Waals surface area contributed by atoms with Crippen LogP contribution in [0.15, 0.2) is 0 Å². The monoisotopic (exact) mass is 1430 g/mol. The zero-order valence-corrected chi connectivity index (χ0v) is 63.2. The van der Waals surface area contributed by atoms with E-state index in [2.05, 4.69) is 103 Å². The maximum atomic E-state index is 13.5. The van der Waals surface area contributed by atoms with Gasteiger partial charge in [0.25, 0.3) is 0 Å². The Morgan fingerprint density at radius 2 is 0.394 bits per heavy atom. The predicted octanol–water partition coefficient (Wildman–Crippen LogP) is -3.36. The minimum atomic E-state index is -1.74. The smallest absolute Gasteiger partial charge is 0.408 e. The SMILES string of the molecule is C[C@H](NC(=O)OC(C)(C)C)C(=O)NC(C)(C)C(=O)N[C@@H](C)C(=O)NC(C)(C)C(=O)N[C@@H](C)C(=O)NC(C)(C)C(=O)N[C@@H](C)C(=O)NC(C)(C)C(=O)N[C@@H](C)C(=O)NC(C)(C)C(=O)N[C@@H](C)C(=O)NC(C)(C)C(=O)N[C@@H](C)C(=O)NC(C)(C)C(=O)N[C@@H](C)C(=O)NC(C)(C)C(=O)NCCS. The predicted molar refractivity (Wildman–Crippen MR) is 367 cm³/mol. The third kappa shape index (κ3) is 29.2. The van der Waals surface area contributed by atoms with E-state index >= 15 is 0 Å². The molecule has 17 N–H and O–H groups in total. The first-order valence-corrected chi connectivity index (χ1v) is 32.7. The van der Waals surface area contributed by atoms with E-state index in [1.165, 1.54) is 166 Å². The highest BCUT2D eigenvalue weighted by atomic mass is 32.1. The molecule has 0 rings (SSSR count). The highest BCUT2D eigenvalue weighted by molar-refractivity contribution is 7.80. The van der Waals surface area contributed by atoms with Crippen LogP contribution in [0.1, 0.15) is 187 Å². The first kappa shape index (κ1) is 90.1. The van der Waals surface area contributed by atoms with Gasteiger partial charge in [0.15, 0.2) is 0 Å². The Bertz CT molecular complexity index is 3080. The highest BCUT2D eigenvalue weighted by Gasteiger charge is 2.43. The van der Waals surface area contributed by atoms with E-state index in [9.17, 15) is 81.5 Å². The van der Waals surface area contributed by atoms with Crippen LogP contribution in [0.5, 0.6) is 0 Å². The first-order valence-electron chi connectivity index (χ1n) is 32.0. The molecule has 0 aliphatic rings. The van der Waals surface area contributed by atoms with Crippen molar-refractivity contribution in [2.24, 2.45) is 0 Å². The molecule has 0 aliphatic carbocycles. The van der Waals surface area contributed by atoms with E-state index in [1.54, 1.807) is 20.8 Å². The molecule has 0 aromatic carbocycles. The van der Waals surface area contributed by atoms with E-state index in [0.29, 0.717) is 5.75 Å². The first-order chi connectivity index (χ1) is 44.4. The van der Waals surface area contributed by atoms with Crippen molar-refractivity contribution in [2.75, 3.05) is 12.3 Å². The molecule has 562 valence electrons. The molecule has 0 fully saturated rings. The summed E-state index contributed by atoms with van der Waals surface area (Å²) in [5, 5.41) is 42.2. The van der Waals surface area contributed by atoms with E-state index in [4.69, 9.17) is 4.74 Å². The van der Waals surface area contributed by atoms with Crippen LogP contribution in [0, 0.1) is 0 Å². The second kappa shape index (κ2) is 35.3. The third-order valence-electron chi connectivity index (χ3n) is 14.7. The molecule has 0 saturated carbocycles. The molecule has 0 bridgehead atoms. The standard InChI is InChI=1S/C63H111N17O18S/c1-30(38(81)73-56(12,13)46(89)64-28-29-99)65-47(90)57(14,15)74-39(82)31(2)66-48(91)58(16,17)75-40(83)32(3)67-49(92)59(18,19)76-41(84)33(4)68-50(93)60(20,21)77-42(85)34(5)69-51(94)61(22,23)78-43(86)35(6)70-52(95)62(24,25)79-44(87)36(7)71-53(96)63(26,27)80-45(88)37(8)72-54(97)98-55(9,10)11/h30-37,99H,28-29H2,1-27H3,(H,64,89)(H,65,90)(H,66,91)(H,67,92)(H,68,93)(H,69,94)(H,70,95)(H,71,96)(H,72,97)(H,73,81)(H,74,82)(H,75,83)(H,76,84)(H,77,85)(H,78,86)(H,79,87)(H,80,88)/t30-,31-,32-,33-,34-,35-,36-,37-/m0/s1. The van der Waals surface area contributed by atoms with Crippen LogP contribution in [0.25, 0.3) is 0 Å². The van der Waals surface area contributed by atoms with Crippen molar-refractivity contribution in [2.45, 2.75) is 285 Å². The van der Waals surface area contributed by atoms with Crippen molar-refractivity contribution in [3.63, 3.8) is 0 Å². The van der Waals surface area contributed by atoms with E-state index in [1.807, 2.05) is 0 Å². The van der Waals surface area contributed by atoms with Gasteiger partial charge in [-0.2, -0.15) is 12.6 Å². The number of hydrogen-bond donors (Lipinski definition) is 18. The summed E-state index contributed by atoms with van der Waals surface area (Å²) >= 11 is 4.04. The molecule has 0 aromatic heterocycles. The minimum absolute atomic E-state index is 0.265. The van der Waals surface area contributed by atoms with Crippen molar-refractivity contribution in [3.8, 4) is 0 Å². The minimum Gasteiger partial charge on any atom is -0.444 e. The molecule has 0 unspecified atom stereocenters. The van der Waals surface area contributed by atoms with Crippen LogP contribution in [0.2, 0.25) is 0 Å². The number of amides is 17. The zero-order chi connectivity index (χ0) is 78.1. The van der Waals surface area contributed by atoms with Crippen molar-refractivity contribution in [1.29, 1.82) is 0 Å². The van der Waals surface area contributed by atoms with Gasteiger partial charge < -0.3 is 95.1 Å². The number of carbonyl (C=O) groups excluding carboxylic acids is 17. The molecule has 0 aliphatic heterocycles. The summed E-state index contributed by atoms with van der Waals surface area (Å²) < 4.78 is 5.15. The Kier molecular flexibility index (Phi) is 32.1. The molecule has 8 atom stereocenters. The van der Waals surface area contributed by atoms with Gasteiger partial charge in [-0.25, -0.2) is 4.79 Å². The van der Waals surface area contributed by atoms with E-state index in [-0.39, 0.29) is 6.54 Å².